The number of nitrogen functional groups attached to an aromatic ring is 1. The predicted octanol–water partition coefficient (Wildman–Crippen LogP) is 2.42. The van der Waals surface area contributed by atoms with Crippen LogP contribution in [0.5, 0.6) is 0 Å². The van der Waals surface area contributed by atoms with Gasteiger partial charge in [-0.3, -0.25) is 0 Å². The van der Waals surface area contributed by atoms with Crippen molar-refractivity contribution in [3.63, 3.8) is 0 Å². The van der Waals surface area contributed by atoms with E-state index in [2.05, 4.69) is 48.4 Å². The number of nitrogens with zero attached hydrogens (tertiary/aromatic N) is 3. The molecule has 1 heterocycles. The number of aryl methyl sites for hydroxylation is 1. The fourth-order valence-electron chi connectivity index (χ4n) is 2.02. The summed E-state index contributed by atoms with van der Waals surface area (Å²) >= 11 is 0. The van der Waals surface area contributed by atoms with Gasteiger partial charge in [0.2, 0.25) is 0 Å². The summed E-state index contributed by atoms with van der Waals surface area (Å²) in [6.45, 7) is 5.03. The molecule has 2 aromatic rings. The van der Waals surface area contributed by atoms with Gasteiger partial charge in [-0.25, -0.2) is 4.68 Å². The van der Waals surface area contributed by atoms with E-state index in [0.29, 0.717) is 5.82 Å². The Kier molecular flexibility index (Phi) is 3.97. The van der Waals surface area contributed by atoms with E-state index in [1.807, 2.05) is 4.68 Å². The van der Waals surface area contributed by atoms with Gasteiger partial charge in [-0.05, 0) is 24.0 Å². The summed E-state index contributed by atoms with van der Waals surface area (Å²) in [7, 11) is 0. The van der Waals surface area contributed by atoms with E-state index in [9.17, 15) is 0 Å². The smallest absolute Gasteiger partial charge is 0.169 e. The molecule has 1 aromatic carbocycles. The van der Waals surface area contributed by atoms with E-state index >= 15 is 0 Å². The number of aromatic nitrogens is 3. The zero-order valence-electron chi connectivity index (χ0n) is 11.1. The molecule has 18 heavy (non-hydrogen) atoms. The molecule has 2 rings (SSSR count). The molecule has 0 atom stereocenters. The third-order valence-electron chi connectivity index (χ3n) is 3.12. The van der Waals surface area contributed by atoms with Crippen LogP contribution in [0.25, 0.3) is 0 Å². The van der Waals surface area contributed by atoms with E-state index in [1.54, 1.807) is 0 Å². The molecule has 0 aliphatic rings. The molecule has 4 nitrogen and oxygen atoms in total. The Bertz CT molecular complexity index is 499. The Hall–Kier alpha value is -1.84. The molecule has 0 saturated carbocycles. The molecule has 1 aromatic heterocycles. The van der Waals surface area contributed by atoms with Gasteiger partial charge in [-0.2, -0.15) is 0 Å². The van der Waals surface area contributed by atoms with Gasteiger partial charge in [0.1, 0.15) is 0 Å². The lowest BCUT2D eigenvalue weighted by molar-refractivity contribution is 0.613. The van der Waals surface area contributed by atoms with Crippen molar-refractivity contribution in [3.8, 4) is 0 Å². The minimum Gasteiger partial charge on any atom is -0.381 e. The molecule has 0 aliphatic heterocycles. The highest BCUT2D eigenvalue weighted by atomic mass is 15.4. The normalized spacial score (nSPS) is 10.8. The molecular formula is C14H20N4. The Morgan fingerprint density at radius 3 is 2.39 bits per heavy atom. The summed E-state index contributed by atoms with van der Waals surface area (Å²) in [5, 5.41) is 8.07. The van der Waals surface area contributed by atoms with Crippen LogP contribution in [0.1, 0.15) is 37.1 Å². The van der Waals surface area contributed by atoms with Gasteiger partial charge in [0.15, 0.2) is 5.82 Å². The highest BCUT2D eigenvalue weighted by molar-refractivity contribution is 5.33. The van der Waals surface area contributed by atoms with Crippen LogP contribution in [0.15, 0.2) is 24.3 Å². The first-order chi connectivity index (χ1) is 8.74. The number of nitrogens with two attached hydrogens (primary N) is 1. The molecule has 0 radical (unpaired) electrons. The first kappa shape index (κ1) is 12.6. The zero-order valence-corrected chi connectivity index (χ0v) is 11.1. The number of anilines is 1. The third kappa shape index (κ3) is 2.70. The van der Waals surface area contributed by atoms with Crippen LogP contribution < -0.4 is 5.73 Å². The molecule has 0 fully saturated rings. The monoisotopic (exact) mass is 244 g/mol. The average Bonchev–Trinajstić information content (AvgIpc) is 2.73. The van der Waals surface area contributed by atoms with Crippen LogP contribution in [0.4, 0.5) is 5.82 Å². The van der Waals surface area contributed by atoms with Crippen LogP contribution in [0.3, 0.4) is 0 Å². The largest absolute Gasteiger partial charge is 0.381 e. The van der Waals surface area contributed by atoms with E-state index in [0.717, 1.165) is 31.5 Å². The second-order valence-corrected chi connectivity index (χ2v) is 4.50. The fourth-order valence-corrected chi connectivity index (χ4v) is 2.02. The van der Waals surface area contributed by atoms with Crippen molar-refractivity contribution >= 4 is 5.82 Å². The van der Waals surface area contributed by atoms with Gasteiger partial charge in [-0.1, -0.05) is 49.7 Å². The van der Waals surface area contributed by atoms with Crippen LogP contribution in [0, 0.1) is 0 Å². The van der Waals surface area contributed by atoms with Crippen LogP contribution in [-0.4, -0.2) is 15.0 Å². The predicted molar refractivity (Wildman–Crippen MR) is 73.4 cm³/mol. The SMILES string of the molecule is CCCc1c(N)nnn1Cc1ccc(CC)cc1. The van der Waals surface area contributed by atoms with Crippen LogP contribution >= 0.6 is 0 Å². The Labute approximate surface area is 108 Å². The lowest BCUT2D eigenvalue weighted by Crippen LogP contribution is -2.07. The molecule has 4 heteroatoms. The van der Waals surface area contributed by atoms with E-state index in [4.69, 9.17) is 5.73 Å². The van der Waals surface area contributed by atoms with Crippen molar-refractivity contribution < 1.29 is 0 Å². The second-order valence-electron chi connectivity index (χ2n) is 4.50. The summed E-state index contributed by atoms with van der Waals surface area (Å²) in [5.74, 6) is 0.557. The molecule has 0 amide bonds. The van der Waals surface area contributed by atoms with Crippen molar-refractivity contribution in [1.82, 2.24) is 15.0 Å². The topological polar surface area (TPSA) is 56.7 Å². The minimum absolute atomic E-state index is 0.557. The van der Waals surface area contributed by atoms with Gasteiger partial charge in [0, 0.05) is 0 Å². The van der Waals surface area contributed by atoms with Gasteiger partial charge < -0.3 is 5.73 Å². The molecule has 0 aliphatic carbocycles. The molecule has 0 unspecified atom stereocenters. The first-order valence-electron chi connectivity index (χ1n) is 6.50. The van der Waals surface area contributed by atoms with Gasteiger partial charge in [0.05, 0.1) is 12.2 Å². The van der Waals surface area contributed by atoms with Gasteiger partial charge >= 0.3 is 0 Å². The number of hydrogen-bond acceptors (Lipinski definition) is 3. The van der Waals surface area contributed by atoms with E-state index in [1.165, 1.54) is 11.1 Å². The Morgan fingerprint density at radius 2 is 1.78 bits per heavy atom. The maximum atomic E-state index is 5.83. The fraction of sp³-hybridized carbons (Fsp3) is 0.429. The molecule has 0 saturated heterocycles. The second kappa shape index (κ2) is 5.67. The first-order valence-corrected chi connectivity index (χ1v) is 6.50. The third-order valence-corrected chi connectivity index (χ3v) is 3.12. The van der Waals surface area contributed by atoms with E-state index < -0.39 is 0 Å². The van der Waals surface area contributed by atoms with Crippen molar-refractivity contribution in [2.24, 2.45) is 0 Å². The Balaban J connectivity index is 2.17. The van der Waals surface area contributed by atoms with Crippen LogP contribution in [-0.2, 0) is 19.4 Å². The molecule has 2 N–H and O–H groups in total. The Morgan fingerprint density at radius 1 is 1.11 bits per heavy atom. The highest BCUT2D eigenvalue weighted by Crippen LogP contribution is 2.13. The summed E-state index contributed by atoms with van der Waals surface area (Å²) in [4.78, 5) is 0. The molecule has 0 spiro atoms. The standard InChI is InChI=1S/C14H20N4/c1-3-5-13-14(15)16-17-18(13)10-12-8-6-11(4-2)7-9-12/h6-9H,3-5,10,15H2,1-2H3. The van der Waals surface area contributed by atoms with Crippen molar-refractivity contribution in [2.75, 3.05) is 5.73 Å². The maximum absolute atomic E-state index is 5.83. The van der Waals surface area contributed by atoms with Gasteiger partial charge in [-0.15, -0.1) is 5.10 Å². The summed E-state index contributed by atoms with van der Waals surface area (Å²) < 4.78 is 1.90. The lowest BCUT2D eigenvalue weighted by atomic mass is 10.1. The quantitative estimate of drug-likeness (QED) is 0.878. The summed E-state index contributed by atoms with van der Waals surface area (Å²) in [6.07, 6.45) is 3.04. The minimum atomic E-state index is 0.557. The number of benzene rings is 1. The summed E-state index contributed by atoms with van der Waals surface area (Å²) in [6, 6.07) is 8.61. The molecule has 96 valence electrons. The van der Waals surface area contributed by atoms with Crippen molar-refractivity contribution in [2.45, 2.75) is 39.7 Å². The number of rotatable bonds is 5. The highest BCUT2D eigenvalue weighted by Gasteiger charge is 2.09. The molecule has 0 bridgehead atoms. The van der Waals surface area contributed by atoms with Crippen molar-refractivity contribution in [1.29, 1.82) is 0 Å². The van der Waals surface area contributed by atoms with Gasteiger partial charge in [0.25, 0.3) is 0 Å². The maximum Gasteiger partial charge on any atom is 0.169 e. The zero-order chi connectivity index (χ0) is 13.0. The number of hydrogen-bond donors (Lipinski definition) is 1. The summed E-state index contributed by atoms with van der Waals surface area (Å²) in [5.41, 5.74) is 9.45. The van der Waals surface area contributed by atoms with Crippen molar-refractivity contribution in [3.05, 3.63) is 41.1 Å². The van der Waals surface area contributed by atoms with Crippen LogP contribution in [0.2, 0.25) is 0 Å². The lowest BCUT2D eigenvalue weighted by Gasteiger charge is -2.06. The van der Waals surface area contributed by atoms with E-state index in [-0.39, 0.29) is 0 Å². The molecular weight excluding hydrogens is 224 g/mol. The average molecular weight is 244 g/mol.